The van der Waals surface area contributed by atoms with Gasteiger partial charge in [0.15, 0.2) is 0 Å². The summed E-state index contributed by atoms with van der Waals surface area (Å²) in [6, 6.07) is 11.6. The number of barbiturate groups is 1. The third-order valence-corrected chi connectivity index (χ3v) is 6.06. The van der Waals surface area contributed by atoms with Crippen LogP contribution in [0, 0.1) is 0 Å². The molecule has 0 unspecified atom stereocenters. The zero-order valence-corrected chi connectivity index (χ0v) is 19.4. The SMILES string of the molecule is CCN1c2ccc(/C=C3\C(=O)NC(=O)N(c4ccc(OC)cc4)C3=O)cc2C(C)=CC1(C)C. The number of benzene rings is 2. The Bertz CT molecular complexity index is 1210. The van der Waals surface area contributed by atoms with E-state index in [1.807, 2.05) is 18.2 Å². The molecule has 170 valence electrons. The number of hydrogen-bond donors (Lipinski definition) is 1. The highest BCUT2D eigenvalue weighted by molar-refractivity contribution is 6.39. The molecule has 1 N–H and O–H groups in total. The molecule has 4 amide bonds. The molecule has 2 aromatic rings. The summed E-state index contributed by atoms with van der Waals surface area (Å²) in [6.07, 6.45) is 3.75. The summed E-state index contributed by atoms with van der Waals surface area (Å²) in [4.78, 5) is 41.4. The predicted molar refractivity (Wildman–Crippen MR) is 129 cm³/mol. The predicted octanol–water partition coefficient (Wildman–Crippen LogP) is 4.38. The van der Waals surface area contributed by atoms with Crippen molar-refractivity contribution in [2.24, 2.45) is 0 Å². The van der Waals surface area contributed by atoms with Crippen LogP contribution >= 0.6 is 0 Å². The minimum absolute atomic E-state index is 0.101. The summed E-state index contributed by atoms with van der Waals surface area (Å²) in [5.41, 5.74) is 4.15. The molecule has 33 heavy (non-hydrogen) atoms. The molecular formula is C26H27N3O4. The van der Waals surface area contributed by atoms with Gasteiger partial charge in [-0.3, -0.25) is 14.9 Å². The average molecular weight is 446 g/mol. The maximum atomic E-state index is 13.2. The highest BCUT2D eigenvalue weighted by Crippen LogP contribution is 2.39. The fourth-order valence-electron chi connectivity index (χ4n) is 4.56. The Balaban J connectivity index is 1.72. The Kier molecular flexibility index (Phi) is 5.57. The van der Waals surface area contributed by atoms with E-state index in [2.05, 4.69) is 44.0 Å². The second-order valence-electron chi connectivity index (χ2n) is 8.66. The monoisotopic (exact) mass is 445 g/mol. The lowest BCUT2D eigenvalue weighted by atomic mass is 9.88. The minimum Gasteiger partial charge on any atom is -0.497 e. The summed E-state index contributed by atoms with van der Waals surface area (Å²) < 4.78 is 5.13. The number of rotatable bonds is 4. The molecule has 0 aromatic heterocycles. The second-order valence-corrected chi connectivity index (χ2v) is 8.66. The number of carbonyl (C=O) groups is 3. The molecule has 2 aromatic carbocycles. The summed E-state index contributed by atoms with van der Waals surface area (Å²) in [5, 5.41) is 2.26. The van der Waals surface area contributed by atoms with E-state index in [0.29, 0.717) is 17.0 Å². The number of amides is 4. The van der Waals surface area contributed by atoms with E-state index >= 15 is 0 Å². The summed E-state index contributed by atoms with van der Waals surface area (Å²) in [5.74, 6) is -0.788. The van der Waals surface area contributed by atoms with E-state index in [1.165, 1.54) is 13.2 Å². The van der Waals surface area contributed by atoms with Gasteiger partial charge >= 0.3 is 6.03 Å². The largest absolute Gasteiger partial charge is 0.497 e. The van der Waals surface area contributed by atoms with Gasteiger partial charge in [-0.15, -0.1) is 0 Å². The van der Waals surface area contributed by atoms with Crippen molar-refractivity contribution in [3.8, 4) is 5.75 Å². The van der Waals surface area contributed by atoms with Crippen LogP contribution in [0.25, 0.3) is 11.6 Å². The quantitative estimate of drug-likeness (QED) is 0.558. The molecule has 0 radical (unpaired) electrons. The van der Waals surface area contributed by atoms with Crippen molar-refractivity contribution >= 4 is 40.9 Å². The molecule has 1 saturated heterocycles. The highest BCUT2D eigenvalue weighted by Gasteiger charge is 2.37. The van der Waals surface area contributed by atoms with Crippen LogP contribution in [0.4, 0.5) is 16.2 Å². The number of allylic oxidation sites excluding steroid dienone is 1. The van der Waals surface area contributed by atoms with Crippen LogP contribution in [-0.4, -0.2) is 37.0 Å². The van der Waals surface area contributed by atoms with Gasteiger partial charge in [-0.25, -0.2) is 9.69 Å². The number of imide groups is 2. The number of fused-ring (bicyclic) bond motifs is 1. The van der Waals surface area contributed by atoms with Crippen molar-refractivity contribution in [3.05, 3.63) is 65.2 Å². The Morgan fingerprint density at radius 1 is 1.06 bits per heavy atom. The van der Waals surface area contributed by atoms with Gasteiger partial charge in [0.2, 0.25) is 0 Å². The van der Waals surface area contributed by atoms with E-state index in [4.69, 9.17) is 4.74 Å². The van der Waals surface area contributed by atoms with Gasteiger partial charge in [-0.05, 0) is 81.3 Å². The molecule has 1 fully saturated rings. The Morgan fingerprint density at radius 3 is 2.39 bits per heavy atom. The van der Waals surface area contributed by atoms with Gasteiger partial charge in [-0.2, -0.15) is 0 Å². The molecule has 2 aliphatic rings. The van der Waals surface area contributed by atoms with Crippen LogP contribution < -0.4 is 19.9 Å². The van der Waals surface area contributed by atoms with Gasteiger partial charge in [0.25, 0.3) is 11.8 Å². The van der Waals surface area contributed by atoms with Crippen molar-refractivity contribution < 1.29 is 19.1 Å². The maximum absolute atomic E-state index is 13.2. The first kappa shape index (κ1) is 22.3. The summed E-state index contributed by atoms with van der Waals surface area (Å²) in [6.45, 7) is 9.38. The standard InChI is InChI=1S/C26H27N3O4/c1-6-28-22-12-7-17(13-20(22)16(2)15-26(28,3)4)14-21-23(30)27-25(32)29(24(21)31)18-8-10-19(33-5)11-9-18/h7-15H,6H2,1-5H3,(H,27,30,32)/b21-14+. The molecular weight excluding hydrogens is 418 g/mol. The zero-order chi connectivity index (χ0) is 23.9. The minimum atomic E-state index is -0.780. The van der Waals surface area contributed by atoms with Gasteiger partial charge in [0, 0.05) is 17.8 Å². The fraction of sp³-hybridized carbons (Fsp3) is 0.269. The molecule has 7 nitrogen and oxygen atoms in total. The van der Waals surface area contributed by atoms with Crippen molar-refractivity contribution in [2.75, 3.05) is 23.5 Å². The number of urea groups is 1. The van der Waals surface area contributed by atoms with Gasteiger partial charge < -0.3 is 9.64 Å². The topological polar surface area (TPSA) is 79.0 Å². The van der Waals surface area contributed by atoms with Crippen molar-refractivity contribution in [1.29, 1.82) is 0 Å². The molecule has 7 heteroatoms. The number of hydrogen-bond acceptors (Lipinski definition) is 5. The van der Waals surface area contributed by atoms with E-state index in [0.717, 1.165) is 28.3 Å². The molecule has 0 spiro atoms. The van der Waals surface area contributed by atoms with Crippen LogP contribution in [0.3, 0.4) is 0 Å². The molecule has 0 aliphatic carbocycles. The summed E-state index contributed by atoms with van der Waals surface area (Å²) in [7, 11) is 1.53. The Morgan fingerprint density at radius 2 is 1.76 bits per heavy atom. The van der Waals surface area contributed by atoms with Crippen molar-refractivity contribution in [3.63, 3.8) is 0 Å². The van der Waals surface area contributed by atoms with E-state index in [-0.39, 0.29) is 11.1 Å². The molecule has 0 saturated carbocycles. The first-order valence-electron chi connectivity index (χ1n) is 10.8. The first-order valence-corrected chi connectivity index (χ1v) is 10.8. The number of nitrogens with zero attached hydrogens (tertiary/aromatic N) is 2. The fourth-order valence-corrected chi connectivity index (χ4v) is 4.56. The van der Waals surface area contributed by atoms with Gasteiger partial charge in [-0.1, -0.05) is 12.1 Å². The van der Waals surface area contributed by atoms with Crippen molar-refractivity contribution in [1.82, 2.24) is 5.32 Å². The molecule has 0 atom stereocenters. The van der Waals surface area contributed by atoms with Gasteiger partial charge in [0.1, 0.15) is 11.3 Å². The third kappa shape index (κ3) is 3.91. The van der Waals surface area contributed by atoms with Crippen LogP contribution in [-0.2, 0) is 9.59 Å². The van der Waals surface area contributed by atoms with Crippen LogP contribution in [0.1, 0.15) is 38.8 Å². The number of nitrogens with one attached hydrogen (secondary N) is 1. The van der Waals surface area contributed by atoms with E-state index in [1.54, 1.807) is 24.3 Å². The Labute approximate surface area is 193 Å². The van der Waals surface area contributed by atoms with E-state index < -0.39 is 17.8 Å². The third-order valence-electron chi connectivity index (χ3n) is 6.06. The number of carbonyl (C=O) groups excluding carboxylic acids is 3. The smallest absolute Gasteiger partial charge is 0.335 e. The second kappa shape index (κ2) is 8.24. The Hall–Kier alpha value is -3.87. The lowest BCUT2D eigenvalue weighted by Crippen LogP contribution is -2.54. The first-order chi connectivity index (χ1) is 15.7. The van der Waals surface area contributed by atoms with E-state index in [9.17, 15) is 14.4 Å². The lowest BCUT2D eigenvalue weighted by Gasteiger charge is -2.42. The molecule has 4 rings (SSSR count). The average Bonchev–Trinajstić information content (AvgIpc) is 2.77. The van der Waals surface area contributed by atoms with Gasteiger partial charge in [0.05, 0.1) is 18.3 Å². The summed E-state index contributed by atoms with van der Waals surface area (Å²) >= 11 is 0. The molecule has 2 aliphatic heterocycles. The lowest BCUT2D eigenvalue weighted by molar-refractivity contribution is -0.122. The molecule has 0 bridgehead atoms. The van der Waals surface area contributed by atoms with Crippen LogP contribution in [0.5, 0.6) is 5.75 Å². The van der Waals surface area contributed by atoms with Crippen LogP contribution in [0.2, 0.25) is 0 Å². The number of likely N-dealkylation sites (N-methyl/N-ethyl adjacent to an activating group) is 1. The highest BCUT2D eigenvalue weighted by atomic mass is 16.5. The number of methoxy groups -OCH3 is 1. The zero-order valence-electron chi connectivity index (χ0n) is 19.4. The molecule has 2 heterocycles. The van der Waals surface area contributed by atoms with Crippen LogP contribution in [0.15, 0.2) is 54.1 Å². The maximum Gasteiger partial charge on any atom is 0.335 e. The number of ether oxygens (including phenoxy) is 1. The number of anilines is 2. The normalized spacial score (nSPS) is 18.8. The van der Waals surface area contributed by atoms with Crippen molar-refractivity contribution in [2.45, 2.75) is 33.2 Å².